The highest BCUT2D eigenvalue weighted by atomic mass is 79.9. The first-order chi connectivity index (χ1) is 7.13. The van der Waals surface area contributed by atoms with E-state index in [0.717, 1.165) is 5.75 Å². The summed E-state index contributed by atoms with van der Waals surface area (Å²) in [5, 5.41) is 0. The zero-order chi connectivity index (χ0) is 11.0. The van der Waals surface area contributed by atoms with Gasteiger partial charge in [-0.25, -0.2) is 4.98 Å². The molecule has 0 atom stereocenters. The molecule has 0 aliphatic heterocycles. The summed E-state index contributed by atoms with van der Waals surface area (Å²) >= 11 is 3.34. The first-order valence-electron chi connectivity index (χ1n) is 4.36. The zero-order valence-corrected chi connectivity index (χ0v) is 9.91. The molecule has 78 valence electrons. The van der Waals surface area contributed by atoms with Crippen LogP contribution in [0, 0.1) is 0 Å². The van der Waals surface area contributed by atoms with Gasteiger partial charge in [-0.1, -0.05) is 0 Å². The van der Waals surface area contributed by atoms with Crippen LogP contribution in [0.3, 0.4) is 0 Å². The summed E-state index contributed by atoms with van der Waals surface area (Å²) in [6.07, 6.45) is 1.80. The molecule has 2 heterocycles. The molecule has 4 nitrogen and oxygen atoms in total. The van der Waals surface area contributed by atoms with E-state index in [1.54, 1.807) is 23.8 Å². The molecule has 0 spiro atoms. The molecule has 2 rings (SSSR count). The molecule has 0 amide bonds. The van der Waals surface area contributed by atoms with Crippen molar-refractivity contribution in [3.8, 4) is 5.75 Å². The molecule has 2 aromatic rings. The molecule has 0 radical (unpaired) electrons. The van der Waals surface area contributed by atoms with Crippen molar-refractivity contribution in [3.63, 3.8) is 0 Å². The predicted molar refractivity (Wildman–Crippen MR) is 59.4 cm³/mol. The van der Waals surface area contributed by atoms with E-state index in [0.29, 0.717) is 15.9 Å². The number of nitrogens with zero attached hydrogens (tertiary/aromatic N) is 2. The fraction of sp³-hybridized carbons (Fsp3) is 0.200. The molecule has 0 aliphatic rings. The van der Waals surface area contributed by atoms with Gasteiger partial charge < -0.3 is 4.74 Å². The van der Waals surface area contributed by atoms with Crippen molar-refractivity contribution in [1.29, 1.82) is 0 Å². The summed E-state index contributed by atoms with van der Waals surface area (Å²) in [5.74, 6) is 0.652. The van der Waals surface area contributed by atoms with Crippen LogP contribution in [-0.2, 0) is 0 Å². The van der Waals surface area contributed by atoms with Gasteiger partial charge in [-0.05, 0) is 22.0 Å². The maximum absolute atomic E-state index is 11.3. The Kier molecular flexibility index (Phi) is 2.48. The Labute approximate surface area is 95.0 Å². The van der Waals surface area contributed by atoms with Gasteiger partial charge >= 0.3 is 0 Å². The van der Waals surface area contributed by atoms with Crippen LogP contribution in [0.25, 0.3) is 5.65 Å². The van der Waals surface area contributed by atoms with Crippen LogP contribution in [-0.4, -0.2) is 22.3 Å². The van der Waals surface area contributed by atoms with Gasteiger partial charge in [0.1, 0.15) is 21.7 Å². The van der Waals surface area contributed by atoms with Crippen LogP contribution in [0.15, 0.2) is 22.9 Å². The average molecular weight is 269 g/mol. The minimum Gasteiger partial charge on any atom is -0.497 e. The molecule has 0 saturated carbocycles. The van der Waals surface area contributed by atoms with Crippen molar-refractivity contribution in [2.75, 3.05) is 7.11 Å². The highest BCUT2D eigenvalue weighted by Crippen LogP contribution is 2.22. The van der Waals surface area contributed by atoms with Gasteiger partial charge in [0.2, 0.25) is 0 Å². The molecular weight excluding hydrogens is 260 g/mol. The van der Waals surface area contributed by atoms with Gasteiger partial charge in [0, 0.05) is 19.2 Å². The molecule has 0 aliphatic carbocycles. The molecular formula is C10H9BrN2O2. The summed E-state index contributed by atoms with van der Waals surface area (Å²) in [7, 11) is 1.59. The number of fused-ring (bicyclic) bond motifs is 1. The fourth-order valence-electron chi connectivity index (χ4n) is 1.35. The number of carbonyl (C=O) groups excluding carboxylic acids is 1. The second kappa shape index (κ2) is 3.66. The van der Waals surface area contributed by atoms with Gasteiger partial charge in [0.25, 0.3) is 0 Å². The number of Topliss-reactive ketones (excluding diaryl/α,β-unsaturated/α-hetero) is 1. The van der Waals surface area contributed by atoms with E-state index in [-0.39, 0.29) is 5.78 Å². The van der Waals surface area contributed by atoms with Gasteiger partial charge in [0.05, 0.1) is 7.11 Å². The number of hydrogen-bond acceptors (Lipinski definition) is 3. The number of methoxy groups -OCH3 is 1. The quantitative estimate of drug-likeness (QED) is 0.786. The van der Waals surface area contributed by atoms with E-state index >= 15 is 0 Å². The number of halogens is 1. The van der Waals surface area contributed by atoms with Crippen molar-refractivity contribution >= 4 is 27.4 Å². The first-order valence-corrected chi connectivity index (χ1v) is 5.15. The van der Waals surface area contributed by atoms with Crippen molar-refractivity contribution in [3.05, 3.63) is 28.6 Å². The van der Waals surface area contributed by atoms with Gasteiger partial charge in [-0.2, -0.15) is 0 Å². The molecule has 2 aromatic heterocycles. The van der Waals surface area contributed by atoms with Crippen LogP contribution in [0.1, 0.15) is 17.4 Å². The fourth-order valence-corrected chi connectivity index (χ4v) is 2.01. The average Bonchev–Trinajstić information content (AvgIpc) is 2.55. The van der Waals surface area contributed by atoms with Crippen LogP contribution >= 0.6 is 15.9 Å². The second-order valence-electron chi connectivity index (χ2n) is 3.10. The Morgan fingerprint density at radius 1 is 1.60 bits per heavy atom. The number of carbonyl (C=O) groups is 1. The largest absolute Gasteiger partial charge is 0.497 e. The number of ether oxygens (including phenoxy) is 1. The monoisotopic (exact) mass is 268 g/mol. The highest BCUT2D eigenvalue weighted by molar-refractivity contribution is 9.10. The van der Waals surface area contributed by atoms with Crippen LogP contribution in [0.2, 0.25) is 0 Å². The van der Waals surface area contributed by atoms with Crippen molar-refractivity contribution in [1.82, 2.24) is 9.38 Å². The molecule has 0 N–H and O–H groups in total. The molecule has 5 heteroatoms. The van der Waals surface area contributed by atoms with Gasteiger partial charge in [-0.15, -0.1) is 0 Å². The Hall–Kier alpha value is -1.36. The number of ketones is 1. The predicted octanol–water partition coefficient (Wildman–Crippen LogP) is 2.31. The van der Waals surface area contributed by atoms with Crippen molar-refractivity contribution in [2.24, 2.45) is 0 Å². The molecule has 0 aromatic carbocycles. The molecule has 0 saturated heterocycles. The molecule has 0 bridgehead atoms. The maximum atomic E-state index is 11.3. The standard InChI is InChI=1S/C10H9BrN2O2/c1-6(14)9-10(11)13-4-3-7(15-2)5-8(13)12-9/h3-5H,1-2H3. The number of imidazole rings is 1. The van der Waals surface area contributed by atoms with E-state index in [4.69, 9.17) is 4.74 Å². The third kappa shape index (κ3) is 1.63. The lowest BCUT2D eigenvalue weighted by Crippen LogP contribution is -1.92. The van der Waals surface area contributed by atoms with E-state index in [9.17, 15) is 4.79 Å². The summed E-state index contributed by atoms with van der Waals surface area (Å²) < 4.78 is 7.54. The number of pyridine rings is 1. The third-order valence-corrected chi connectivity index (χ3v) is 2.87. The van der Waals surface area contributed by atoms with Crippen LogP contribution < -0.4 is 4.74 Å². The van der Waals surface area contributed by atoms with E-state index in [1.807, 2.05) is 6.07 Å². The number of rotatable bonds is 2. The smallest absolute Gasteiger partial charge is 0.180 e. The topological polar surface area (TPSA) is 43.6 Å². The lowest BCUT2D eigenvalue weighted by Gasteiger charge is -1.99. The van der Waals surface area contributed by atoms with Crippen LogP contribution in [0.5, 0.6) is 5.75 Å². The third-order valence-electron chi connectivity index (χ3n) is 2.11. The normalized spacial score (nSPS) is 10.6. The first kappa shape index (κ1) is 10.2. The van der Waals surface area contributed by atoms with Crippen molar-refractivity contribution in [2.45, 2.75) is 6.92 Å². The second-order valence-corrected chi connectivity index (χ2v) is 3.85. The molecule has 15 heavy (non-hydrogen) atoms. The highest BCUT2D eigenvalue weighted by Gasteiger charge is 2.13. The number of hydrogen-bond donors (Lipinski definition) is 0. The lowest BCUT2D eigenvalue weighted by molar-refractivity contribution is 0.101. The van der Waals surface area contributed by atoms with Crippen LogP contribution in [0.4, 0.5) is 0 Å². The van der Waals surface area contributed by atoms with E-state index < -0.39 is 0 Å². The van der Waals surface area contributed by atoms with E-state index in [1.165, 1.54) is 6.92 Å². The maximum Gasteiger partial charge on any atom is 0.180 e. The Bertz CT molecular complexity index is 533. The Morgan fingerprint density at radius 3 is 2.93 bits per heavy atom. The Balaban J connectivity index is 2.70. The van der Waals surface area contributed by atoms with Crippen molar-refractivity contribution < 1.29 is 9.53 Å². The molecule has 0 unspecified atom stereocenters. The molecule has 0 fully saturated rings. The minimum absolute atomic E-state index is 0.0652. The summed E-state index contributed by atoms with van der Waals surface area (Å²) in [6, 6.07) is 3.58. The SMILES string of the molecule is COc1ccn2c(Br)c(C(C)=O)nc2c1. The summed E-state index contributed by atoms with van der Waals surface area (Å²) in [4.78, 5) is 15.5. The van der Waals surface area contributed by atoms with Gasteiger partial charge in [0.15, 0.2) is 5.78 Å². The van der Waals surface area contributed by atoms with Gasteiger partial charge in [-0.3, -0.25) is 9.20 Å². The summed E-state index contributed by atoms with van der Waals surface area (Å²) in [6.45, 7) is 1.49. The Morgan fingerprint density at radius 2 is 2.33 bits per heavy atom. The lowest BCUT2D eigenvalue weighted by atomic mass is 10.3. The minimum atomic E-state index is -0.0652. The summed E-state index contributed by atoms with van der Waals surface area (Å²) in [5.41, 5.74) is 1.12. The zero-order valence-electron chi connectivity index (χ0n) is 8.32. The number of aromatic nitrogens is 2. The van der Waals surface area contributed by atoms with E-state index in [2.05, 4.69) is 20.9 Å².